The van der Waals surface area contributed by atoms with Crippen LogP contribution in [-0.4, -0.2) is 54.0 Å². The van der Waals surface area contributed by atoms with E-state index >= 15 is 0 Å². The Balaban J connectivity index is 4.18. The third kappa shape index (κ3) is 12.6. The second kappa shape index (κ2) is 9.96. The summed E-state index contributed by atoms with van der Waals surface area (Å²) in [6.45, 7) is 2.65. The fourth-order valence-corrected chi connectivity index (χ4v) is 2.66. The summed E-state index contributed by atoms with van der Waals surface area (Å²) in [5.41, 5.74) is -1.13. The lowest BCUT2D eigenvalue weighted by molar-refractivity contribution is -0.877. The first-order valence-electron chi connectivity index (χ1n) is 8.08. The van der Waals surface area contributed by atoms with Crippen molar-refractivity contribution in [1.82, 2.24) is 0 Å². The number of quaternary nitrogens is 1. The first kappa shape index (κ1) is 20.1. The fraction of sp³-hybridized carbons (Fsp3) is 0.824. The SMILES string of the molecule is CCCCCCC=CCCC(O)(CC(=O)O)C[N+](C)(C)C. The third-order valence-corrected chi connectivity index (χ3v) is 3.42. The van der Waals surface area contributed by atoms with Gasteiger partial charge in [0, 0.05) is 0 Å². The molecule has 2 N–H and O–H groups in total. The number of likely N-dealkylation sites (N-methyl/N-ethyl adjacent to an activating group) is 1. The van der Waals surface area contributed by atoms with Gasteiger partial charge in [0.15, 0.2) is 0 Å². The summed E-state index contributed by atoms with van der Waals surface area (Å²) >= 11 is 0. The van der Waals surface area contributed by atoms with Crippen LogP contribution in [0, 0.1) is 0 Å². The number of carboxylic acids is 1. The maximum absolute atomic E-state index is 11.0. The van der Waals surface area contributed by atoms with Crippen LogP contribution in [-0.2, 0) is 4.79 Å². The Labute approximate surface area is 130 Å². The number of hydrogen-bond donors (Lipinski definition) is 2. The Morgan fingerprint density at radius 1 is 1.10 bits per heavy atom. The molecular weight excluding hydrogens is 266 g/mol. The highest BCUT2D eigenvalue weighted by Crippen LogP contribution is 2.21. The number of nitrogens with zero attached hydrogens (tertiary/aromatic N) is 1. The van der Waals surface area contributed by atoms with E-state index in [2.05, 4.69) is 19.1 Å². The second-order valence-corrected chi connectivity index (χ2v) is 7.10. The minimum atomic E-state index is -1.13. The predicted octanol–water partition coefficient (Wildman–Crippen LogP) is 3.21. The molecule has 0 spiro atoms. The van der Waals surface area contributed by atoms with Gasteiger partial charge in [0.2, 0.25) is 0 Å². The number of aliphatic carboxylic acids is 1. The molecule has 0 saturated heterocycles. The van der Waals surface area contributed by atoms with E-state index in [0.29, 0.717) is 17.4 Å². The van der Waals surface area contributed by atoms with Gasteiger partial charge in [-0.05, 0) is 25.7 Å². The monoisotopic (exact) mass is 300 g/mol. The lowest BCUT2D eigenvalue weighted by Gasteiger charge is -2.34. The number of rotatable bonds is 12. The first-order chi connectivity index (χ1) is 9.68. The Kier molecular flexibility index (Phi) is 9.54. The van der Waals surface area contributed by atoms with E-state index in [1.54, 1.807) is 0 Å². The normalized spacial score (nSPS) is 15.3. The largest absolute Gasteiger partial charge is 0.481 e. The Hall–Kier alpha value is -0.870. The highest BCUT2D eigenvalue weighted by atomic mass is 16.4. The molecular formula is C17H34NO3+. The third-order valence-electron chi connectivity index (χ3n) is 3.42. The maximum Gasteiger partial charge on any atom is 0.306 e. The van der Waals surface area contributed by atoms with Gasteiger partial charge in [0.1, 0.15) is 12.1 Å². The van der Waals surface area contributed by atoms with Crippen LogP contribution in [0.5, 0.6) is 0 Å². The van der Waals surface area contributed by atoms with E-state index < -0.39 is 11.6 Å². The van der Waals surface area contributed by atoms with Crippen LogP contribution in [0.4, 0.5) is 0 Å². The van der Waals surface area contributed by atoms with Crippen molar-refractivity contribution < 1.29 is 19.5 Å². The van der Waals surface area contributed by atoms with E-state index in [9.17, 15) is 9.90 Å². The molecule has 0 rings (SSSR count). The zero-order chi connectivity index (χ0) is 16.4. The number of carbonyl (C=O) groups is 1. The van der Waals surface area contributed by atoms with Crippen LogP contribution in [0.2, 0.25) is 0 Å². The zero-order valence-corrected chi connectivity index (χ0v) is 14.3. The number of aliphatic hydroxyl groups is 1. The van der Waals surface area contributed by atoms with Gasteiger partial charge in [0.05, 0.1) is 27.6 Å². The van der Waals surface area contributed by atoms with Crippen molar-refractivity contribution in [2.24, 2.45) is 0 Å². The Morgan fingerprint density at radius 3 is 2.24 bits per heavy atom. The average Bonchev–Trinajstić information content (AvgIpc) is 2.29. The molecule has 0 aliphatic carbocycles. The van der Waals surface area contributed by atoms with E-state index in [1.165, 1.54) is 25.7 Å². The fourth-order valence-electron chi connectivity index (χ4n) is 2.66. The standard InChI is InChI=1S/C17H33NO3/c1-5-6-7-8-9-10-11-12-13-17(21,14-16(19)20)15-18(2,3)4/h10-11,21H,5-9,12-15H2,1-4H3/p+1. The van der Waals surface area contributed by atoms with Crippen LogP contribution in [0.1, 0.15) is 58.3 Å². The van der Waals surface area contributed by atoms with E-state index in [0.717, 1.165) is 12.8 Å². The Morgan fingerprint density at radius 2 is 1.71 bits per heavy atom. The van der Waals surface area contributed by atoms with Crippen molar-refractivity contribution in [2.45, 2.75) is 63.9 Å². The topological polar surface area (TPSA) is 57.5 Å². The number of allylic oxidation sites excluding steroid dienone is 2. The summed E-state index contributed by atoms with van der Waals surface area (Å²) in [5.74, 6) is -0.936. The molecule has 0 amide bonds. The summed E-state index contributed by atoms with van der Waals surface area (Å²) in [7, 11) is 5.91. The highest BCUT2D eigenvalue weighted by Gasteiger charge is 2.35. The zero-order valence-electron chi connectivity index (χ0n) is 14.3. The molecule has 0 heterocycles. The van der Waals surface area contributed by atoms with Crippen LogP contribution in [0.15, 0.2) is 12.2 Å². The molecule has 4 nitrogen and oxygen atoms in total. The molecule has 0 aliphatic heterocycles. The van der Waals surface area contributed by atoms with Gasteiger partial charge < -0.3 is 14.7 Å². The first-order valence-corrected chi connectivity index (χ1v) is 8.08. The predicted molar refractivity (Wildman–Crippen MR) is 87.2 cm³/mol. The average molecular weight is 300 g/mol. The van der Waals surface area contributed by atoms with Crippen molar-refractivity contribution >= 4 is 5.97 Å². The van der Waals surface area contributed by atoms with Crippen molar-refractivity contribution in [3.8, 4) is 0 Å². The van der Waals surface area contributed by atoms with Gasteiger partial charge in [-0.2, -0.15) is 0 Å². The van der Waals surface area contributed by atoms with Gasteiger partial charge in [-0.1, -0.05) is 38.3 Å². The van der Waals surface area contributed by atoms with Crippen molar-refractivity contribution in [2.75, 3.05) is 27.7 Å². The maximum atomic E-state index is 11.0. The molecule has 124 valence electrons. The smallest absolute Gasteiger partial charge is 0.306 e. The summed E-state index contributed by atoms with van der Waals surface area (Å²) in [6, 6.07) is 0. The highest BCUT2D eigenvalue weighted by molar-refractivity contribution is 5.68. The van der Waals surface area contributed by atoms with Crippen LogP contribution >= 0.6 is 0 Å². The Bertz CT molecular complexity index is 320. The minimum absolute atomic E-state index is 0.188. The quantitative estimate of drug-likeness (QED) is 0.330. The molecule has 4 heteroatoms. The van der Waals surface area contributed by atoms with Gasteiger partial charge in [-0.15, -0.1) is 0 Å². The van der Waals surface area contributed by atoms with Crippen LogP contribution in [0.25, 0.3) is 0 Å². The summed E-state index contributed by atoms with van der Waals surface area (Å²) in [5, 5.41) is 19.5. The molecule has 1 atom stereocenters. The summed E-state index contributed by atoms with van der Waals surface area (Å²) < 4.78 is 0.560. The minimum Gasteiger partial charge on any atom is -0.481 e. The molecule has 0 saturated carbocycles. The molecule has 0 aromatic rings. The lowest BCUT2D eigenvalue weighted by atomic mass is 9.92. The molecule has 21 heavy (non-hydrogen) atoms. The van der Waals surface area contributed by atoms with Crippen molar-refractivity contribution in [3.63, 3.8) is 0 Å². The van der Waals surface area contributed by atoms with Crippen molar-refractivity contribution in [3.05, 3.63) is 12.2 Å². The second-order valence-electron chi connectivity index (χ2n) is 7.10. The molecule has 0 aromatic carbocycles. The molecule has 1 unspecified atom stereocenters. The number of carboxylic acid groups (broad SMARTS) is 1. The van der Waals surface area contributed by atoms with Gasteiger partial charge >= 0.3 is 5.97 Å². The van der Waals surface area contributed by atoms with E-state index in [4.69, 9.17) is 5.11 Å². The van der Waals surface area contributed by atoms with E-state index in [-0.39, 0.29) is 6.42 Å². The van der Waals surface area contributed by atoms with Gasteiger partial charge in [0.25, 0.3) is 0 Å². The molecule has 0 aliphatic rings. The summed E-state index contributed by atoms with van der Waals surface area (Å²) in [6.07, 6.45) is 11.4. The number of hydrogen-bond acceptors (Lipinski definition) is 2. The van der Waals surface area contributed by atoms with Crippen molar-refractivity contribution in [1.29, 1.82) is 0 Å². The van der Waals surface area contributed by atoms with Crippen LogP contribution in [0.3, 0.4) is 0 Å². The van der Waals surface area contributed by atoms with Gasteiger partial charge in [-0.25, -0.2) is 0 Å². The van der Waals surface area contributed by atoms with E-state index in [1.807, 2.05) is 21.1 Å². The molecule has 0 fully saturated rings. The number of unbranched alkanes of at least 4 members (excludes halogenated alkanes) is 4. The molecule has 0 aromatic heterocycles. The van der Waals surface area contributed by atoms with Crippen LogP contribution < -0.4 is 0 Å². The summed E-state index contributed by atoms with van der Waals surface area (Å²) in [4.78, 5) is 11.0. The lowest BCUT2D eigenvalue weighted by Crippen LogP contribution is -2.50. The molecule has 0 bridgehead atoms. The molecule has 0 radical (unpaired) electrons. The van der Waals surface area contributed by atoms with Gasteiger partial charge in [-0.3, -0.25) is 4.79 Å².